The number of hydrogen-bond acceptors (Lipinski definition) is 4. The summed E-state index contributed by atoms with van der Waals surface area (Å²) in [6.07, 6.45) is 7.07. The van der Waals surface area contributed by atoms with Gasteiger partial charge in [0.25, 0.3) is 0 Å². The van der Waals surface area contributed by atoms with Crippen LogP contribution in [0.3, 0.4) is 0 Å². The molecule has 0 aliphatic carbocycles. The van der Waals surface area contributed by atoms with E-state index in [1.54, 1.807) is 6.20 Å². The summed E-state index contributed by atoms with van der Waals surface area (Å²) in [6, 6.07) is 3.90. The largest absolute Gasteiger partial charge is 0.396 e. The molecule has 1 aliphatic heterocycles. The van der Waals surface area contributed by atoms with E-state index in [9.17, 15) is 0 Å². The minimum Gasteiger partial charge on any atom is -0.396 e. The van der Waals surface area contributed by atoms with Crippen LogP contribution in [0.5, 0.6) is 0 Å². The first-order chi connectivity index (χ1) is 9.88. The van der Waals surface area contributed by atoms with Crippen molar-refractivity contribution in [3.05, 3.63) is 24.2 Å². The monoisotopic (exact) mass is 275 g/mol. The van der Waals surface area contributed by atoms with Gasteiger partial charge in [-0.25, -0.2) is 9.97 Å². The number of aliphatic hydroxyl groups excluding tert-OH is 1. The molecule has 0 spiro atoms. The lowest BCUT2D eigenvalue weighted by atomic mass is 10.1. The van der Waals surface area contributed by atoms with Gasteiger partial charge in [0.15, 0.2) is 5.65 Å². The van der Waals surface area contributed by atoms with Crippen molar-refractivity contribution >= 4 is 11.2 Å². The number of rotatable bonds is 5. The summed E-state index contributed by atoms with van der Waals surface area (Å²) in [6.45, 7) is 1.86. The van der Waals surface area contributed by atoms with E-state index in [0.29, 0.717) is 0 Å². The van der Waals surface area contributed by atoms with Gasteiger partial charge in [-0.05, 0) is 37.8 Å². The molecule has 0 amide bonds. The first-order valence-electron chi connectivity index (χ1n) is 7.41. The van der Waals surface area contributed by atoms with Crippen molar-refractivity contribution in [2.75, 3.05) is 13.2 Å². The lowest BCUT2D eigenvalue weighted by molar-refractivity contribution is 0.00608. The normalized spacial score (nSPS) is 19.6. The second-order valence-electron chi connectivity index (χ2n) is 5.30. The van der Waals surface area contributed by atoms with Crippen molar-refractivity contribution in [1.29, 1.82) is 0 Å². The van der Waals surface area contributed by atoms with Crippen molar-refractivity contribution in [2.45, 2.75) is 44.8 Å². The standard InChI is InChI=1S/C15H21N3O2/c19-9-4-7-14-17-13-6-3-8-16-15(13)18(14)11-12-5-1-2-10-20-12/h3,6,8,12,19H,1-2,4-5,7,9-11H2. The Labute approximate surface area is 118 Å². The highest BCUT2D eigenvalue weighted by Crippen LogP contribution is 2.20. The first-order valence-corrected chi connectivity index (χ1v) is 7.41. The third-order valence-electron chi connectivity index (χ3n) is 3.80. The predicted octanol–water partition coefficient (Wildman–Crippen LogP) is 1.93. The van der Waals surface area contributed by atoms with Gasteiger partial charge in [0.05, 0.1) is 12.6 Å². The molecule has 1 saturated heterocycles. The summed E-state index contributed by atoms with van der Waals surface area (Å²) < 4.78 is 8.00. The van der Waals surface area contributed by atoms with Crippen molar-refractivity contribution < 1.29 is 9.84 Å². The maximum atomic E-state index is 9.04. The molecule has 1 atom stereocenters. The van der Waals surface area contributed by atoms with E-state index >= 15 is 0 Å². The minimum atomic E-state index is 0.191. The highest BCUT2D eigenvalue weighted by atomic mass is 16.5. The van der Waals surface area contributed by atoms with Gasteiger partial charge in [-0.2, -0.15) is 0 Å². The van der Waals surface area contributed by atoms with Crippen LogP contribution in [0.1, 0.15) is 31.5 Å². The van der Waals surface area contributed by atoms with Gasteiger partial charge < -0.3 is 14.4 Å². The van der Waals surface area contributed by atoms with Crippen molar-refractivity contribution in [3.63, 3.8) is 0 Å². The van der Waals surface area contributed by atoms with E-state index in [4.69, 9.17) is 9.84 Å². The number of fused-ring (bicyclic) bond motifs is 1. The summed E-state index contributed by atoms with van der Waals surface area (Å²) >= 11 is 0. The van der Waals surface area contributed by atoms with Crippen LogP contribution in [0.2, 0.25) is 0 Å². The smallest absolute Gasteiger partial charge is 0.160 e. The molecule has 3 rings (SSSR count). The number of aryl methyl sites for hydroxylation is 1. The molecule has 2 aromatic rings. The van der Waals surface area contributed by atoms with Crippen LogP contribution in [0, 0.1) is 0 Å². The molecule has 3 heterocycles. The average Bonchev–Trinajstić information content (AvgIpc) is 2.84. The fourth-order valence-electron chi connectivity index (χ4n) is 2.78. The second-order valence-corrected chi connectivity index (χ2v) is 5.30. The lowest BCUT2D eigenvalue weighted by Gasteiger charge is -2.23. The Balaban J connectivity index is 1.88. The Kier molecular flexibility index (Phi) is 4.28. The molecule has 5 heteroatoms. The number of aromatic nitrogens is 3. The molecule has 1 N–H and O–H groups in total. The highest BCUT2D eigenvalue weighted by Gasteiger charge is 2.18. The molecule has 0 saturated carbocycles. The molecule has 0 bridgehead atoms. The molecule has 1 fully saturated rings. The number of ether oxygens (including phenoxy) is 1. The minimum absolute atomic E-state index is 0.191. The zero-order valence-electron chi connectivity index (χ0n) is 11.7. The molecule has 1 unspecified atom stereocenters. The number of aliphatic hydroxyl groups is 1. The summed E-state index contributed by atoms with van der Waals surface area (Å²) in [5.41, 5.74) is 1.85. The fraction of sp³-hybridized carbons (Fsp3) is 0.600. The van der Waals surface area contributed by atoms with E-state index in [1.807, 2.05) is 12.1 Å². The van der Waals surface area contributed by atoms with Gasteiger partial charge in [0, 0.05) is 25.8 Å². The Bertz CT molecular complexity index is 561. The quantitative estimate of drug-likeness (QED) is 0.905. The maximum absolute atomic E-state index is 9.04. The molecule has 5 nitrogen and oxygen atoms in total. The molecule has 0 aromatic carbocycles. The van der Waals surface area contributed by atoms with E-state index in [2.05, 4.69) is 14.5 Å². The molecule has 0 radical (unpaired) electrons. The van der Waals surface area contributed by atoms with Gasteiger partial charge in [0.1, 0.15) is 11.3 Å². The summed E-state index contributed by atoms with van der Waals surface area (Å²) in [5, 5.41) is 9.04. The predicted molar refractivity (Wildman–Crippen MR) is 76.5 cm³/mol. The van der Waals surface area contributed by atoms with Crippen LogP contribution in [0.15, 0.2) is 18.3 Å². The van der Waals surface area contributed by atoms with Crippen molar-refractivity contribution in [2.24, 2.45) is 0 Å². The SMILES string of the molecule is OCCCc1nc2cccnc2n1CC1CCCCO1. The van der Waals surface area contributed by atoms with Gasteiger partial charge >= 0.3 is 0 Å². The van der Waals surface area contributed by atoms with Gasteiger partial charge in [-0.15, -0.1) is 0 Å². The maximum Gasteiger partial charge on any atom is 0.160 e. The van der Waals surface area contributed by atoms with Crippen LogP contribution < -0.4 is 0 Å². The fourth-order valence-corrected chi connectivity index (χ4v) is 2.78. The molecular weight excluding hydrogens is 254 g/mol. The third-order valence-corrected chi connectivity index (χ3v) is 3.80. The number of pyridine rings is 1. The van der Waals surface area contributed by atoms with Crippen molar-refractivity contribution in [1.82, 2.24) is 14.5 Å². The van der Waals surface area contributed by atoms with E-state index in [-0.39, 0.29) is 12.7 Å². The molecular formula is C15H21N3O2. The van der Waals surface area contributed by atoms with Crippen LogP contribution in [-0.4, -0.2) is 39.0 Å². The van der Waals surface area contributed by atoms with Gasteiger partial charge in [0.2, 0.25) is 0 Å². The Morgan fingerprint density at radius 2 is 2.35 bits per heavy atom. The zero-order chi connectivity index (χ0) is 13.8. The van der Waals surface area contributed by atoms with Crippen LogP contribution in [0.4, 0.5) is 0 Å². The summed E-state index contributed by atoms with van der Waals surface area (Å²) in [4.78, 5) is 9.11. The van der Waals surface area contributed by atoms with Gasteiger partial charge in [-0.3, -0.25) is 0 Å². The van der Waals surface area contributed by atoms with Crippen LogP contribution >= 0.6 is 0 Å². The third kappa shape index (κ3) is 2.83. The second kappa shape index (κ2) is 6.33. The Morgan fingerprint density at radius 1 is 1.40 bits per heavy atom. The van der Waals surface area contributed by atoms with Crippen LogP contribution in [0.25, 0.3) is 11.2 Å². The highest BCUT2D eigenvalue weighted by molar-refractivity contribution is 5.71. The molecule has 2 aromatic heterocycles. The molecule has 108 valence electrons. The van der Waals surface area contributed by atoms with E-state index in [1.165, 1.54) is 6.42 Å². The zero-order valence-corrected chi connectivity index (χ0v) is 11.7. The van der Waals surface area contributed by atoms with Crippen molar-refractivity contribution in [3.8, 4) is 0 Å². The first kappa shape index (κ1) is 13.5. The van der Waals surface area contributed by atoms with Crippen LogP contribution in [-0.2, 0) is 17.7 Å². The number of nitrogens with zero attached hydrogens (tertiary/aromatic N) is 3. The Morgan fingerprint density at radius 3 is 3.15 bits per heavy atom. The van der Waals surface area contributed by atoms with E-state index in [0.717, 1.165) is 55.8 Å². The Hall–Kier alpha value is -1.46. The average molecular weight is 275 g/mol. The molecule has 1 aliphatic rings. The molecule has 20 heavy (non-hydrogen) atoms. The lowest BCUT2D eigenvalue weighted by Crippen LogP contribution is -2.25. The van der Waals surface area contributed by atoms with E-state index < -0.39 is 0 Å². The topological polar surface area (TPSA) is 60.2 Å². The number of hydrogen-bond donors (Lipinski definition) is 1. The summed E-state index contributed by atoms with van der Waals surface area (Å²) in [5.74, 6) is 1.00. The summed E-state index contributed by atoms with van der Waals surface area (Å²) in [7, 11) is 0. The number of imidazole rings is 1. The van der Waals surface area contributed by atoms with Gasteiger partial charge in [-0.1, -0.05) is 0 Å².